The van der Waals surface area contributed by atoms with Crippen molar-refractivity contribution >= 4 is 5.91 Å². The second kappa shape index (κ2) is 5.83. The third-order valence-corrected chi connectivity index (χ3v) is 4.05. The van der Waals surface area contributed by atoms with Crippen LogP contribution in [0.15, 0.2) is 0 Å². The Morgan fingerprint density at radius 3 is 2.76 bits per heavy atom. The summed E-state index contributed by atoms with van der Waals surface area (Å²) < 4.78 is 0. The number of carbonyl (C=O) groups excluding carboxylic acids is 1. The zero-order valence-electron chi connectivity index (χ0n) is 10.6. The van der Waals surface area contributed by atoms with Crippen LogP contribution in [0.2, 0.25) is 0 Å². The van der Waals surface area contributed by atoms with Crippen LogP contribution in [0.5, 0.6) is 0 Å². The Hall–Kier alpha value is -0.610. The Labute approximate surface area is 103 Å². The van der Waals surface area contributed by atoms with Crippen molar-refractivity contribution in [2.24, 2.45) is 5.92 Å². The summed E-state index contributed by atoms with van der Waals surface area (Å²) in [5.41, 5.74) is 0. The molecule has 1 aliphatic carbocycles. The number of aliphatic hydroxyl groups is 1. The van der Waals surface area contributed by atoms with Crippen LogP contribution < -0.4 is 10.6 Å². The molecule has 2 aliphatic rings. The molecule has 2 rings (SSSR count). The first-order chi connectivity index (χ1) is 8.16. The van der Waals surface area contributed by atoms with Gasteiger partial charge in [0.05, 0.1) is 12.1 Å². The number of aliphatic hydroxyl groups excluding tert-OH is 1. The number of carbonyl (C=O) groups is 1. The molecule has 4 atom stereocenters. The highest BCUT2D eigenvalue weighted by Gasteiger charge is 2.29. The van der Waals surface area contributed by atoms with Crippen molar-refractivity contribution < 1.29 is 9.90 Å². The number of hydrogen-bond acceptors (Lipinski definition) is 3. The van der Waals surface area contributed by atoms with E-state index in [9.17, 15) is 9.90 Å². The predicted octanol–water partition coefficient (Wildman–Crippen LogP) is 0.794. The highest BCUT2D eigenvalue weighted by atomic mass is 16.3. The SMILES string of the molecule is CC1CC(C(=O)NC2CCCCC2O)CCN1. The molecule has 0 bridgehead atoms. The van der Waals surface area contributed by atoms with Gasteiger partial charge in [0.25, 0.3) is 0 Å². The van der Waals surface area contributed by atoms with Gasteiger partial charge in [-0.05, 0) is 39.2 Å². The van der Waals surface area contributed by atoms with Crippen LogP contribution in [-0.2, 0) is 4.79 Å². The molecule has 4 unspecified atom stereocenters. The molecule has 1 amide bonds. The van der Waals surface area contributed by atoms with Gasteiger partial charge in [0.1, 0.15) is 0 Å². The molecule has 1 saturated carbocycles. The average Bonchev–Trinajstić information content (AvgIpc) is 2.32. The third kappa shape index (κ3) is 3.42. The smallest absolute Gasteiger partial charge is 0.223 e. The standard InChI is InChI=1S/C13H24N2O2/c1-9-8-10(6-7-14-9)13(17)15-11-4-2-3-5-12(11)16/h9-12,14,16H,2-8H2,1H3,(H,15,17). The van der Waals surface area contributed by atoms with Crippen molar-refractivity contribution in [1.29, 1.82) is 0 Å². The molecule has 4 heteroatoms. The lowest BCUT2D eigenvalue weighted by atomic mass is 9.89. The topological polar surface area (TPSA) is 61.4 Å². The molecule has 1 aliphatic heterocycles. The molecule has 0 spiro atoms. The molecule has 4 nitrogen and oxygen atoms in total. The van der Waals surface area contributed by atoms with Gasteiger partial charge in [-0.1, -0.05) is 12.8 Å². The van der Waals surface area contributed by atoms with Gasteiger partial charge in [-0.2, -0.15) is 0 Å². The second-order valence-corrected chi connectivity index (χ2v) is 5.54. The number of rotatable bonds is 2. The maximum Gasteiger partial charge on any atom is 0.223 e. The molecule has 98 valence electrons. The Morgan fingerprint density at radius 2 is 2.06 bits per heavy atom. The summed E-state index contributed by atoms with van der Waals surface area (Å²) in [4.78, 5) is 12.1. The molecule has 1 heterocycles. The van der Waals surface area contributed by atoms with Crippen molar-refractivity contribution in [2.75, 3.05) is 6.54 Å². The van der Waals surface area contributed by atoms with Crippen LogP contribution in [0.1, 0.15) is 45.4 Å². The quantitative estimate of drug-likeness (QED) is 0.669. The summed E-state index contributed by atoms with van der Waals surface area (Å²) in [5.74, 6) is 0.268. The van der Waals surface area contributed by atoms with Crippen LogP contribution >= 0.6 is 0 Å². The van der Waals surface area contributed by atoms with E-state index < -0.39 is 0 Å². The van der Waals surface area contributed by atoms with E-state index in [2.05, 4.69) is 17.6 Å². The first-order valence-corrected chi connectivity index (χ1v) is 6.88. The summed E-state index contributed by atoms with van der Waals surface area (Å²) in [6, 6.07) is 0.414. The lowest BCUT2D eigenvalue weighted by Gasteiger charge is -2.32. The van der Waals surface area contributed by atoms with Gasteiger partial charge in [-0.15, -0.1) is 0 Å². The highest BCUT2D eigenvalue weighted by Crippen LogP contribution is 2.21. The van der Waals surface area contributed by atoms with Crippen molar-refractivity contribution in [1.82, 2.24) is 10.6 Å². The monoisotopic (exact) mass is 240 g/mol. The van der Waals surface area contributed by atoms with Crippen LogP contribution in [0, 0.1) is 5.92 Å². The molecule has 17 heavy (non-hydrogen) atoms. The fourth-order valence-electron chi connectivity index (χ4n) is 2.95. The molecule has 2 fully saturated rings. The van der Waals surface area contributed by atoms with Crippen molar-refractivity contribution in [3.63, 3.8) is 0 Å². The molecule has 0 aromatic carbocycles. The van der Waals surface area contributed by atoms with Gasteiger partial charge in [0.15, 0.2) is 0 Å². The van der Waals surface area contributed by atoms with Crippen LogP contribution in [-0.4, -0.2) is 35.7 Å². The first kappa shape index (κ1) is 12.8. The van der Waals surface area contributed by atoms with Crippen molar-refractivity contribution in [3.8, 4) is 0 Å². The molecule has 0 aromatic heterocycles. The van der Waals surface area contributed by atoms with Gasteiger partial charge >= 0.3 is 0 Å². The zero-order chi connectivity index (χ0) is 12.3. The Balaban J connectivity index is 1.83. The summed E-state index contributed by atoms with van der Waals surface area (Å²) in [7, 11) is 0. The Bertz CT molecular complexity index is 270. The fraction of sp³-hybridized carbons (Fsp3) is 0.923. The lowest BCUT2D eigenvalue weighted by molar-refractivity contribution is -0.128. The largest absolute Gasteiger partial charge is 0.391 e. The van der Waals surface area contributed by atoms with Crippen LogP contribution in [0.3, 0.4) is 0 Å². The van der Waals surface area contributed by atoms with E-state index in [-0.39, 0.29) is 24.0 Å². The molecule has 0 aromatic rings. The van der Waals surface area contributed by atoms with E-state index >= 15 is 0 Å². The maximum absolute atomic E-state index is 12.1. The van der Waals surface area contributed by atoms with Gasteiger partial charge in [-0.25, -0.2) is 0 Å². The van der Waals surface area contributed by atoms with Gasteiger partial charge < -0.3 is 15.7 Å². The predicted molar refractivity (Wildman–Crippen MR) is 66.6 cm³/mol. The van der Waals surface area contributed by atoms with E-state index in [4.69, 9.17) is 0 Å². The number of hydrogen-bond donors (Lipinski definition) is 3. The summed E-state index contributed by atoms with van der Waals surface area (Å²) in [6.45, 7) is 3.04. The number of piperidine rings is 1. The normalized spacial score (nSPS) is 38.7. The van der Waals surface area contributed by atoms with Gasteiger partial charge in [0, 0.05) is 12.0 Å². The third-order valence-electron chi connectivity index (χ3n) is 4.05. The summed E-state index contributed by atoms with van der Waals surface area (Å²) in [5, 5.41) is 16.2. The Morgan fingerprint density at radius 1 is 1.29 bits per heavy atom. The van der Waals surface area contributed by atoms with E-state index in [1.54, 1.807) is 0 Å². The molecular weight excluding hydrogens is 216 g/mol. The minimum Gasteiger partial charge on any atom is -0.391 e. The summed E-state index contributed by atoms with van der Waals surface area (Å²) in [6.07, 6.45) is 5.43. The first-order valence-electron chi connectivity index (χ1n) is 6.88. The number of amides is 1. The zero-order valence-corrected chi connectivity index (χ0v) is 10.6. The maximum atomic E-state index is 12.1. The van der Waals surface area contributed by atoms with Crippen LogP contribution in [0.25, 0.3) is 0 Å². The molecule has 3 N–H and O–H groups in total. The Kier molecular flexibility index (Phi) is 4.40. The van der Waals surface area contributed by atoms with Crippen molar-refractivity contribution in [3.05, 3.63) is 0 Å². The second-order valence-electron chi connectivity index (χ2n) is 5.54. The molecular formula is C13H24N2O2. The van der Waals surface area contributed by atoms with E-state index in [1.807, 2.05) is 0 Å². The van der Waals surface area contributed by atoms with Gasteiger partial charge in [-0.3, -0.25) is 4.79 Å². The highest BCUT2D eigenvalue weighted by molar-refractivity contribution is 5.79. The average molecular weight is 240 g/mol. The minimum absolute atomic E-state index is 0.0126. The van der Waals surface area contributed by atoms with E-state index in [1.165, 1.54) is 0 Å². The number of nitrogens with one attached hydrogen (secondary N) is 2. The molecule has 0 radical (unpaired) electrons. The van der Waals surface area contributed by atoms with Gasteiger partial charge in [0.2, 0.25) is 5.91 Å². The summed E-state index contributed by atoms with van der Waals surface area (Å²) >= 11 is 0. The van der Waals surface area contributed by atoms with Crippen LogP contribution in [0.4, 0.5) is 0 Å². The minimum atomic E-state index is -0.341. The molecule has 1 saturated heterocycles. The van der Waals surface area contributed by atoms with E-state index in [0.717, 1.165) is 45.1 Å². The lowest BCUT2D eigenvalue weighted by Crippen LogP contribution is -2.49. The van der Waals surface area contributed by atoms with Crippen molar-refractivity contribution in [2.45, 2.75) is 63.6 Å². The fourth-order valence-corrected chi connectivity index (χ4v) is 2.95. The van der Waals surface area contributed by atoms with E-state index in [0.29, 0.717) is 6.04 Å².